The van der Waals surface area contributed by atoms with Gasteiger partial charge >= 0.3 is 0 Å². The predicted molar refractivity (Wildman–Crippen MR) is 110 cm³/mol. The van der Waals surface area contributed by atoms with Gasteiger partial charge in [0, 0.05) is 31.7 Å². The summed E-state index contributed by atoms with van der Waals surface area (Å²) in [5.41, 5.74) is 3.31. The van der Waals surface area contributed by atoms with Crippen LogP contribution in [0.4, 0.5) is 5.69 Å². The molecule has 2 aromatic rings. The zero-order chi connectivity index (χ0) is 19.3. The number of rotatable bonds is 6. The maximum absolute atomic E-state index is 12.4. The van der Waals surface area contributed by atoms with Crippen LogP contribution in [0.1, 0.15) is 36.3 Å². The molecule has 0 unspecified atom stereocenters. The molecule has 28 heavy (non-hydrogen) atoms. The van der Waals surface area contributed by atoms with E-state index in [1.165, 1.54) is 5.56 Å². The third-order valence-electron chi connectivity index (χ3n) is 5.70. The van der Waals surface area contributed by atoms with Crippen LogP contribution in [0.2, 0.25) is 0 Å². The molecule has 2 aromatic carbocycles. The van der Waals surface area contributed by atoms with E-state index >= 15 is 0 Å². The van der Waals surface area contributed by atoms with Crippen molar-refractivity contribution in [2.45, 2.75) is 31.7 Å². The maximum Gasteiger partial charge on any atom is 0.234 e. The number of benzene rings is 2. The molecule has 2 aliphatic rings. The molecule has 5 nitrogen and oxygen atoms in total. The molecule has 2 saturated heterocycles. The number of hydrogen-bond donors (Lipinski definition) is 1. The van der Waals surface area contributed by atoms with E-state index in [9.17, 15) is 9.59 Å². The van der Waals surface area contributed by atoms with Crippen LogP contribution in [0, 0.1) is 0 Å². The summed E-state index contributed by atoms with van der Waals surface area (Å²) in [6.07, 6.45) is 2.64. The third-order valence-corrected chi connectivity index (χ3v) is 5.70. The first kappa shape index (κ1) is 18.7. The van der Waals surface area contributed by atoms with Crippen LogP contribution in [-0.2, 0) is 16.1 Å². The average molecular weight is 377 g/mol. The lowest BCUT2D eigenvalue weighted by Gasteiger charge is -2.18. The molecule has 0 radical (unpaired) electrons. The van der Waals surface area contributed by atoms with Crippen molar-refractivity contribution in [2.75, 3.05) is 31.1 Å². The predicted octanol–water partition coefficient (Wildman–Crippen LogP) is 2.92. The Balaban J connectivity index is 1.27. The van der Waals surface area contributed by atoms with E-state index < -0.39 is 0 Å². The van der Waals surface area contributed by atoms with Crippen LogP contribution in [-0.4, -0.2) is 42.9 Å². The summed E-state index contributed by atoms with van der Waals surface area (Å²) in [5.74, 6) is 0.753. The Morgan fingerprint density at radius 1 is 1.07 bits per heavy atom. The van der Waals surface area contributed by atoms with Crippen LogP contribution < -0.4 is 10.2 Å². The molecule has 0 aromatic heterocycles. The SMILES string of the molecule is O=C(CN1CC[C@H](c2ccccc2)C1)NCc1cccc(N2CCCC2=O)c1. The van der Waals surface area contributed by atoms with Gasteiger partial charge in [0.25, 0.3) is 0 Å². The fourth-order valence-corrected chi connectivity index (χ4v) is 4.19. The van der Waals surface area contributed by atoms with Crippen molar-refractivity contribution in [3.05, 3.63) is 65.7 Å². The summed E-state index contributed by atoms with van der Waals surface area (Å²) in [6, 6.07) is 18.5. The first-order valence-electron chi connectivity index (χ1n) is 10.1. The smallest absolute Gasteiger partial charge is 0.234 e. The van der Waals surface area contributed by atoms with Crippen molar-refractivity contribution in [1.29, 1.82) is 0 Å². The van der Waals surface area contributed by atoms with Gasteiger partial charge in [0.15, 0.2) is 0 Å². The van der Waals surface area contributed by atoms with Crippen molar-refractivity contribution in [2.24, 2.45) is 0 Å². The van der Waals surface area contributed by atoms with Crippen LogP contribution >= 0.6 is 0 Å². The van der Waals surface area contributed by atoms with Crippen molar-refractivity contribution >= 4 is 17.5 Å². The van der Waals surface area contributed by atoms with Gasteiger partial charge in [0.2, 0.25) is 11.8 Å². The number of nitrogens with one attached hydrogen (secondary N) is 1. The Morgan fingerprint density at radius 2 is 1.93 bits per heavy atom. The van der Waals surface area contributed by atoms with Crippen LogP contribution in [0.25, 0.3) is 0 Å². The van der Waals surface area contributed by atoms with Gasteiger partial charge in [-0.25, -0.2) is 0 Å². The van der Waals surface area contributed by atoms with E-state index in [0.717, 1.165) is 43.7 Å². The highest BCUT2D eigenvalue weighted by Crippen LogP contribution is 2.26. The lowest BCUT2D eigenvalue weighted by molar-refractivity contribution is -0.122. The molecule has 0 bridgehead atoms. The molecule has 1 N–H and O–H groups in total. The molecule has 4 rings (SSSR count). The normalized spacial score (nSPS) is 19.9. The van der Waals surface area contributed by atoms with Gasteiger partial charge in [0.1, 0.15) is 0 Å². The number of carbonyl (C=O) groups excluding carboxylic acids is 2. The lowest BCUT2D eigenvalue weighted by atomic mass is 9.99. The van der Waals surface area contributed by atoms with Gasteiger partial charge in [-0.15, -0.1) is 0 Å². The van der Waals surface area contributed by atoms with Crippen LogP contribution in [0.15, 0.2) is 54.6 Å². The first-order valence-corrected chi connectivity index (χ1v) is 10.1. The minimum absolute atomic E-state index is 0.0522. The molecule has 2 amide bonds. The highest BCUT2D eigenvalue weighted by molar-refractivity contribution is 5.95. The van der Waals surface area contributed by atoms with E-state index in [0.29, 0.717) is 25.4 Å². The Hall–Kier alpha value is -2.66. The maximum atomic E-state index is 12.4. The van der Waals surface area contributed by atoms with Crippen molar-refractivity contribution < 1.29 is 9.59 Å². The summed E-state index contributed by atoms with van der Waals surface area (Å²) in [7, 11) is 0. The molecule has 5 heteroatoms. The van der Waals surface area contributed by atoms with E-state index in [1.54, 1.807) is 0 Å². The van der Waals surface area contributed by atoms with Gasteiger partial charge in [-0.1, -0.05) is 42.5 Å². The van der Waals surface area contributed by atoms with Gasteiger partial charge in [-0.3, -0.25) is 14.5 Å². The number of nitrogens with zero attached hydrogens (tertiary/aromatic N) is 2. The quantitative estimate of drug-likeness (QED) is 0.842. The molecule has 2 fully saturated rings. The molecule has 1 atom stereocenters. The zero-order valence-electron chi connectivity index (χ0n) is 16.1. The summed E-state index contributed by atoms with van der Waals surface area (Å²) in [5, 5.41) is 3.03. The molecule has 2 heterocycles. The van der Waals surface area contributed by atoms with Gasteiger partial charge < -0.3 is 10.2 Å². The Bertz CT molecular complexity index is 837. The minimum atomic E-state index is 0.0522. The van der Waals surface area contributed by atoms with Crippen molar-refractivity contribution in [1.82, 2.24) is 10.2 Å². The highest BCUT2D eigenvalue weighted by Gasteiger charge is 2.25. The van der Waals surface area contributed by atoms with Gasteiger partial charge in [-0.05, 0) is 48.6 Å². The highest BCUT2D eigenvalue weighted by atomic mass is 16.2. The average Bonchev–Trinajstić information content (AvgIpc) is 3.36. The number of amides is 2. The Morgan fingerprint density at radius 3 is 2.71 bits per heavy atom. The molecule has 0 spiro atoms. The first-order chi connectivity index (χ1) is 13.7. The zero-order valence-corrected chi connectivity index (χ0v) is 16.1. The Labute approximate surface area is 166 Å². The van der Waals surface area contributed by atoms with E-state index in [-0.39, 0.29) is 11.8 Å². The van der Waals surface area contributed by atoms with E-state index in [4.69, 9.17) is 0 Å². The molecule has 2 aliphatic heterocycles. The van der Waals surface area contributed by atoms with E-state index in [1.807, 2.05) is 35.2 Å². The summed E-state index contributed by atoms with van der Waals surface area (Å²) in [4.78, 5) is 28.4. The lowest BCUT2D eigenvalue weighted by Crippen LogP contribution is -2.35. The van der Waals surface area contributed by atoms with Crippen LogP contribution in [0.5, 0.6) is 0 Å². The second-order valence-electron chi connectivity index (χ2n) is 7.73. The number of anilines is 1. The fourth-order valence-electron chi connectivity index (χ4n) is 4.19. The van der Waals surface area contributed by atoms with Crippen molar-refractivity contribution in [3.8, 4) is 0 Å². The summed E-state index contributed by atoms with van der Waals surface area (Å²) < 4.78 is 0. The molecule has 0 aliphatic carbocycles. The molecule has 146 valence electrons. The fraction of sp³-hybridized carbons (Fsp3) is 0.391. The third kappa shape index (κ3) is 4.42. The summed E-state index contributed by atoms with van der Waals surface area (Å²) in [6.45, 7) is 3.61. The monoisotopic (exact) mass is 377 g/mol. The van der Waals surface area contributed by atoms with Gasteiger partial charge in [-0.2, -0.15) is 0 Å². The topological polar surface area (TPSA) is 52.7 Å². The molecular formula is C23H27N3O2. The standard InChI is InChI=1S/C23H27N3O2/c27-22(17-25-13-11-20(16-25)19-7-2-1-3-8-19)24-15-18-6-4-9-21(14-18)26-12-5-10-23(26)28/h1-4,6-9,14,20H,5,10-13,15-17H2,(H,24,27)/t20-/m0/s1. The minimum Gasteiger partial charge on any atom is -0.351 e. The largest absolute Gasteiger partial charge is 0.351 e. The molecular weight excluding hydrogens is 350 g/mol. The number of likely N-dealkylation sites (tertiary alicyclic amines) is 1. The second-order valence-corrected chi connectivity index (χ2v) is 7.73. The van der Waals surface area contributed by atoms with Gasteiger partial charge in [0.05, 0.1) is 6.54 Å². The molecule has 0 saturated carbocycles. The Kier molecular flexibility index (Phi) is 5.72. The van der Waals surface area contributed by atoms with E-state index in [2.05, 4.69) is 34.5 Å². The van der Waals surface area contributed by atoms with Crippen molar-refractivity contribution in [3.63, 3.8) is 0 Å². The van der Waals surface area contributed by atoms with Crippen LogP contribution in [0.3, 0.4) is 0 Å². The number of hydrogen-bond acceptors (Lipinski definition) is 3. The summed E-state index contributed by atoms with van der Waals surface area (Å²) >= 11 is 0. The second kappa shape index (κ2) is 8.57. The number of carbonyl (C=O) groups is 2.